The van der Waals surface area contributed by atoms with E-state index in [1.807, 2.05) is 18.2 Å². The summed E-state index contributed by atoms with van der Waals surface area (Å²) < 4.78 is 12.5. The Morgan fingerprint density at radius 2 is 1.60 bits per heavy atom. The van der Waals surface area contributed by atoms with E-state index in [1.165, 1.54) is 15.8 Å². The number of ether oxygens (including phenoxy) is 2. The molecule has 2 aliphatic carbocycles. The Labute approximate surface area is 272 Å². The minimum Gasteiger partial charge on any atom is -0.467 e. The summed E-state index contributed by atoms with van der Waals surface area (Å²) in [6.07, 6.45) is 6.32. The Morgan fingerprint density at radius 3 is 2.28 bits per heavy atom. The Kier molecular flexibility index (Phi) is 10.2. The van der Waals surface area contributed by atoms with E-state index >= 15 is 0 Å². The zero-order valence-corrected chi connectivity index (χ0v) is 26.3. The normalized spacial score (nSPS) is 20.1. The van der Waals surface area contributed by atoms with Crippen LogP contribution in [0.4, 0.5) is 4.79 Å². The van der Waals surface area contributed by atoms with Gasteiger partial charge < -0.3 is 34.7 Å². The molecule has 3 heterocycles. The number of nitrogens with one attached hydrogen (secondary N) is 2. The number of likely N-dealkylation sites (tertiary alicyclic amines) is 1. The van der Waals surface area contributed by atoms with E-state index in [-0.39, 0.29) is 54.6 Å². The van der Waals surface area contributed by atoms with Crippen LogP contribution in [-0.2, 0) is 24.0 Å². The van der Waals surface area contributed by atoms with Crippen LogP contribution in [0.1, 0.15) is 61.9 Å². The van der Waals surface area contributed by atoms with Crippen molar-refractivity contribution in [3.63, 3.8) is 0 Å². The first-order valence-electron chi connectivity index (χ1n) is 16.4. The van der Waals surface area contributed by atoms with Gasteiger partial charge in [0.05, 0.1) is 25.3 Å². The topological polar surface area (TPSA) is 165 Å². The van der Waals surface area contributed by atoms with E-state index in [4.69, 9.17) is 14.3 Å². The number of para-hydroxylation sites is 1. The van der Waals surface area contributed by atoms with Crippen molar-refractivity contribution in [2.45, 2.75) is 69.6 Å². The van der Waals surface area contributed by atoms with Crippen LogP contribution >= 0.6 is 0 Å². The van der Waals surface area contributed by atoms with Crippen LogP contribution < -0.4 is 15.4 Å². The number of benzene rings is 1. The molecule has 252 valence electrons. The molecule has 2 N–H and O–H groups in total. The van der Waals surface area contributed by atoms with Gasteiger partial charge in [-0.15, -0.1) is 5.06 Å². The number of hydrogen-bond acceptors (Lipinski definition) is 10. The molecule has 4 amide bonds. The van der Waals surface area contributed by atoms with Crippen LogP contribution in [0.25, 0.3) is 5.69 Å². The average molecular weight is 652 g/mol. The molecule has 1 aromatic heterocycles. The van der Waals surface area contributed by atoms with Gasteiger partial charge in [0, 0.05) is 31.7 Å². The molecule has 2 aromatic rings. The Hall–Kier alpha value is -4.66. The molecule has 2 saturated heterocycles. The van der Waals surface area contributed by atoms with Gasteiger partial charge in [0.1, 0.15) is 12.1 Å². The monoisotopic (exact) mass is 651 g/mol. The van der Waals surface area contributed by atoms with Crippen LogP contribution in [0.3, 0.4) is 0 Å². The molecule has 0 radical (unpaired) electrons. The second-order valence-electron chi connectivity index (χ2n) is 12.3. The highest BCUT2D eigenvalue weighted by molar-refractivity contribution is 5.95. The number of hydroxylamine groups is 2. The lowest BCUT2D eigenvalue weighted by molar-refractivity contribution is -0.162. The molecule has 47 heavy (non-hydrogen) atoms. The van der Waals surface area contributed by atoms with Gasteiger partial charge >= 0.3 is 6.16 Å². The molecular weight excluding hydrogens is 610 g/mol. The molecule has 4 aliphatic rings. The minimum absolute atomic E-state index is 0.00576. The molecular formula is C32H41N7O8. The van der Waals surface area contributed by atoms with Crippen LogP contribution in [-0.4, -0.2) is 118 Å². The largest absolute Gasteiger partial charge is 0.528 e. The number of aromatic nitrogens is 2. The Morgan fingerprint density at radius 1 is 0.851 bits per heavy atom. The molecule has 6 rings (SSSR count). The molecule has 0 bridgehead atoms. The van der Waals surface area contributed by atoms with E-state index in [0.717, 1.165) is 44.9 Å². The van der Waals surface area contributed by atoms with E-state index in [9.17, 15) is 24.0 Å². The fraction of sp³-hybridized carbons (Fsp3) is 0.562. The summed E-state index contributed by atoms with van der Waals surface area (Å²) in [5, 5.41) is 11.5. The number of carbonyl (C=O) groups is 5. The molecule has 0 unspecified atom stereocenters. The second kappa shape index (κ2) is 14.8. The van der Waals surface area contributed by atoms with Gasteiger partial charge in [-0.3, -0.25) is 19.2 Å². The molecule has 15 nitrogen and oxygen atoms in total. The Bertz CT molecular complexity index is 1450. The van der Waals surface area contributed by atoms with Crippen molar-refractivity contribution < 1.29 is 38.3 Å². The van der Waals surface area contributed by atoms with Gasteiger partial charge in [-0.2, -0.15) is 5.10 Å². The van der Waals surface area contributed by atoms with Gasteiger partial charge in [0.2, 0.25) is 17.7 Å². The SMILES string of the molecule is O=C(OC1CCC1)ON1CCN(C(=O)CNC(=O)c2cc(OCC(=O)N3CCC[C@H]3C(=O)NC3CCC3)n(-c3ccccc3)n2)CC1. The predicted molar refractivity (Wildman–Crippen MR) is 165 cm³/mol. The van der Waals surface area contributed by atoms with Gasteiger partial charge in [0.15, 0.2) is 12.3 Å². The van der Waals surface area contributed by atoms with Crippen molar-refractivity contribution in [1.29, 1.82) is 0 Å². The molecule has 15 heteroatoms. The van der Waals surface area contributed by atoms with E-state index in [1.54, 1.807) is 21.9 Å². The summed E-state index contributed by atoms with van der Waals surface area (Å²) in [4.78, 5) is 72.2. The summed E-state index contributed by atoms with van der Waals surface area (Å²) in [7, 11) is 0. The zero-order chi connectivity index (χ0) is 32.8. The van der Waals surface area contributed by atoms with Crippen molar-refractivity contribution in [2.75, 3.05) is 45.9 Å². The fourth-order valence-electron chi connectivity index (χ4n) is 5.88. The van der Waals surface area contributed by atoms with Gasteiger partial charge in [-0.1, -0.05) is 18.2 Å². The lowest BCUT2D eigenvalue weighted by Gasteiger charge is -2.33. The second-order valence-corrected chi connectivity index (χ2v) is 12.3. The maximum Gasteiger partial charge on any atom is 0.528 e. The number of nitrogens with zero attached hydrogens (tertiary/aromatic N) is 5. The highest BCUT2D eigenvalue weighted by Crippen LogP contribution is 2.24. The van der Waals surface area contributed by atoms with E-state index in [0.29, 0.717) is 44.8 Å². The first kappa shape index (κ1) is 32.3. The van der Waals surface area contributed by atoms with Crippen molar-refractivity contribution >= 4 is 29.8 Å². The zero-order valence-electron chi connectivity index (χ0n) is 26.3. The predicted octanol–water partition coefficient (Wildman–Crippen LogP) is 1.41. The molecule has 0 spiro atoms. The van der Waals surface area contributed by atoms with E-state index in [2.05, 4.69) is 15.7 Å². The highest BCUT2D eigenvalue weighted by Gasteiger charge is 2.36. The van der Waals surface area contributed by atoms with Crippen molar-refractivity contribution in [3.8, 4) is 11.6 Å². The van der Waals surface area contributed by atoms with Crippen molar-refractivity contribution in [2.24, 2.45) is 0 Å². The summed E-state index contributed by atoms with van der Waals surface area (Å²) >= 11 is 0. The lowest BCUT2D eigenvalue weighted by Crippen LogP contribution is -2.51. The maximum absolute atomic E-state index is 13.2. The van der Waals surface area contributed by atoms with Gasteiger partial charge in [-0.25, -0.2) is 9.48 Å². The summed E-state index contributed by atoms with van der Waals surface area (Å²) in [5.41, 5.74) is 0.617. The quantitative estimate of drug-likeness (QED) is 0.340. The van der Waals surface area contributed by atoms with Crippen molar-refractivity contribution in [3.05, 3.63) is 42.1 Å². The maximum atomic E-state index is 13.2. The number of rotatable bonds is 11. The third-order valence-electron chi connectivity index (χ3n) is 9.09. The Balaban J connectivity index is 1.01. The summed E-state index contributed by atoms with van der Waals surface area (Å²) in [6.45, 7) is 1.17. The van der Waals surface area contributed by atoms with Gasteiger partial charge in [0.25, 0.3) is 11.8 Å². The minimum atomic E-state index is -0.726. The molecule has 4 fully saturated rings. The standard InChI is InChI=1S/C32H41N7O8/c40-27(36-15-17-37(18-16-36)47-32(44)46-24-11-5-12-24)20-33-30(42)25-19-29(39(35-25)23-9-2-1-3-10-23)45-21-28(41)38-14-6-13-26(38)31(43)34-22-7-4-8-22/h1-3,9-10,19,22,24,26H,4-8,11-18,20-21H2,(H,33,42)(H,34,43)/t26-/m0/s1. The first-order valence-corrected chi connectivity index (χ1v) is 16.4. The lowest BCUT2D eigenvalue weighted by atomic mass is 9.93. The van der Waals surface area contributed by atoms with E-state index < -0.39 is 18.1 Å². The van der Waals surface area contributed by atoms with Crippen molar-refractivity contribution in [1.82, 2.24) is 35.3 Å². The molecule has 2 aliphatic heterocycles. The number of hydrogen-bond donors (Lipinski definition) is 2. The molecule has 1 aromatic carbocycles. The smallest absolute Gasteiger partial charge is 0.467 e. The summed E-state index contributed by atoms with van der Waals surface area (Å²) in [5.74, 6) is -1.15. The highest BCUT2D eigenvalue weighted by atomic mass is 16.8. The summed E-state index contributed by atoms with van der Waals surface area (Å²) in [6, 6.07) is 10.1. The fourth-order valence-corrected chi connectivity index (χ4v) is 5.88. The molecule has 1 atom stereocenters. The van der Waals surface area contributed by atoms with Crippen LogP contribution in [0.5, 0.6) is 5.88 Å². The van der Waals surface area contributed by atoms with Crippen LogP contribution in [0.2, 0.25) is 0 Å². The van der Waals surface area contributed by atoms with Crippen LogP contribution in [0, 0.1) is 0 Å². The third-order valence-corrected chi connectivity index (χ3v) is 9.09. The third kappa shape index (κ3) is 8.02. The molecule has 2 saturated carbocycles. The van der Waals surface area contributed by atoms with Crippen LogP contribution in [0.15, 0.2) is 36.4 Å². The number of piperazine rings is 1. The average Bonchev–Trinajstić information content (AvgIpc) is 3.71. The first-order chi connectivity index (χ1) is 22.8. The number of amides is 4. The van der Waals surface area contributed by atoms with Gasteiger partial charge in [-0.05, 0) is 63.5 Å². The number of carbonyl (C=O) groups excluding carboxylic acids is 5.